The molecule has 0 rings (SSSR count). The third-order valence-corrected chi connectivity index (χ3v) is 4.34. The number of carboxylic acid groups (broad SMARTS) is 1. The van der Waals surface area contributed by atoms with Crippen molar-refractivity contribution in [2.75, 3.05) is 12.0 Å². The van der Waals surface area contributed by atoms with Gasteiger partial charge in [-0.1, -0.05) is 0 Å². The summed E-state index contributed by atoms with van der Waals surface area (Å²) in [5, 5.41) is 16.1. The molecule has 0 aliphatic rings. The van der Waals surface area contributed by atoms with Crippen LogP contribution in [0.25, 0.3) is 0 Å². The topological polar surface area (TPSA) is 194 Å². The van der Waals surface area contributed by atoms with Crippen LogP contribution in [0.4, 0.5) is 0 Å². The third kappa shape index (κ3) is 10.1. The molecule has 0 aromatic rings. The Kier molecular flexibility index (Phi) is 11.9. The van der Waals surface area contributed by atoms with E-state index < -0.39 is 53.8 Å². The number of carboxylic acids is 1. The number of carbonyl (C=O) groups excluding carboxylic acids is 4. The van der Waals surface area contributed by atoms with Crippen molar-refractivity contribution in [1.29, 1.82) is 0 Å². The van der Waals surface area contributed by atoms with Crippen molar-refractivity contribution in [1.82, 2.24) is 16.0 Å². The second kappa shape index (κ2) is 12.9. The van der Waals surface area contributed by atoms with Crippen LogP contribution in [0.5, 0.6) is 0 Å². The SMILES string of the molecule is CSCCC(NC(=O)C(C)N)C(=O)NC(CCC(N)=O)C(=O)NC(C)C(=O)O. The molecule has 0 fully saturated rings. The summed E-state index contributed by atoms with van der Waals surface area (Å²) >= 11 is 1.47. The van der Waals surface area contributed by atoms with Crippen molar-refractivity contribution in [3.05, 3.63) is 0 Å². The summed E-state index contributed by atoms with van der Waals surface area (Å²) in [5.74, 6) is -3.31. The van der Waals surface area contributed by atoms with Gasteiger partial charge in [0, 0.05) is 6.42 Å². The van der Waals surface area contributed by atoms with Crippen LogP contribution < -0.4 is 27.4 Å². The van der Waals surface area contributed by atoms with E-state index in [1.807, 2.05) is 6.26 Å². The van der Waals surface area contributed by atoms with Crippen LogP contribution >= 0.6 is 11.8 Å². The fourth-order valence-corrected chi connectivity index (χ4v) is 2.48. The second-order valence-electron chi connectivity index (χ2n) is 6.27. The summed E-state index contributed by atoms with van der Waals surface area (Å²) < 4.78 is 0. The van der Waals surface area contributed by atoms with Crippen molar-refractivity contribution in [2.24, 2.45) is 11.5 Å². The molecular weight excluding hydrogens is 390 g/mol. The first-order valence-corrected chi connectivity index (χ1v) is 10.1. The molecule has 0 saturated carbocycles. The van der Waals surface area contributed by atoms with Gasteiger partial charge in [0.1, 0.15) is 18.1 Å². The van der Waals surface area contributed by atoms with Crippen molar-refractivity contribution in [2.45, 2.75) is 57.3 Å². The van der Waals surface area contributed by atoms with E-state index in [-0.39, 0.29) is 12.8 Å². The number of nitrogens with two attached hydrogens (primary N) is 2. The first-order chi connectivity index (χ1) is 13.0. The lowest BCUT2D eigenvalue weighted by Crippen LogP contribution is -2.56. The standard InChI is InChI=1S/C16H29N5O6S/c1-8(17)13(23)20-11(6-7-28-3)15(25)21-10(4-5-12(18)22)14(24)19-9(2)16(26)27/h8-11H,4-7,17H2,1-3H3,(H2,18,22)(H,19,24)(H,20,23)(H,21,25)(H,26,27). The fourth-order valence-electron chi connectivity index (χ4n) is 2.01. The third-order valence-electron chi connectivity index (χ3n) is 3.70. The van der Waals surface area contributed by atoms with Crippen LogP contribution in [-0.4, -0.2) is 70.9 Å². The average Bonchev–Trinajstić information content (AvgIpc) is 2.60. The summed E-state index contributed by atoms with van der Waals surface area (Å²) in [5.41, 5.74) is 10.6. The van der Waals surface area contributed by atoms with Gasteiger partial charge in [-0.05, 0) is 38.7 Å². The van der Waals surface area contributed by atoms with E-state index in [1.54, 1.807) is 0 Å². The van der Waals surface area contributed by atoms with Gasteiger partial charge in [0.15, 0.2) is 0 Å². The van der Waals surface area contributed by atoms with Gasteiger partial charge < -0.3 is 32.5 Å². The molecule has 0 aromatic carbocycles. The zero-order valence-electron chi connectivity index (χ0n) is 16.2. The molecule has 0 aliphatic heterocycles. The molecule has 8 N–H and O–H groups in total. The number of primary amides is 1. The zero-order valence-corrected chi connectivity index (χ0v) is 17.0. The molecule has 4 unspecified atom stereocenters. The average molecular weight is 420 g/mol. The Hall–Kier alpha value is -2.34. The number of hydrogen-bond donors (Lipinski definition) is 6. The lowest BCUT2D eigenvalue weighted by molar-refractivity contribution is -0.142. The number of rotatable bonds is 13. The molecule has 160 valence electrons. The van der Waals surface area contributed by atoms with Crippen LogP contribution in [0.3, 0.4) is 0 Å². The lowest BCUT2D eigenvalue weighted by atomic mass is 10.1. The Morgan fingerprint density at radius 3 is 1.89 bits per heavy atom. The molecule has 0 saturated heterocycles. The molecule has 0 aromatic heterocycles. The van der Waals surface area contributed by atoms with Crippen LogP contribution in [0.1, 0.15) is 33.1 Å². The van der Waals surface area contributed by atoms with Crippen molar-refractivity contribution >= 4 is 41.4 Å². The van der Waals surface area contributed by atoms with Crippen LogP contribution in [-0.2, 0) is 24.0 Å². The predicted octanol–water partition coefficient (Wildman–Crippen LogP) is -2.09. The number of thioether (sulfide) groups is 1. The summed E-state index contributed by atoms with van der Waals surface area (Å²) in [6, 6.07) is -4.14. The lowest BCUT2D eigenvalue weighted by Gasteiger charge is -2.24. The smallest absolute Gasteiger partial charge is 0.325 e. The molecule has 0 spiro atoms. The molecule has 11 nitrogen and oxygen atoms in total. The number of hydrogen-bond acceptors (Lipinski definition) is 7. The van der Waals surface area contributed by atoms with E-state index in [4.69, 9.17) is 16.6 Å². The highest BCUT2D eigenvalue weighted by atomic mass is 32.2. The highest BCUT2D eigenvalue weighted by Crippen LogP contribution is 2.05. The minimum atomic E-state index is -1.25. The molecule has 28 heavy (non-hydrogen) atoms. The molecule has 4 atom stereocenters. The number of nitrogens with one attached hydrogen (secondary N) is 3. The number of carbonyl (C=O) groups is 5. The van der Waals surface area contributed by atoms with Gasteiger partial charge >= 0.3 is 5.97 Å². The highest BCUT2D eigenvalue weighted by molar-refractivity contribution is 7.98. The first-order valence-electron chi connectivity index (χ1n) is 8.66. The maximum atomic E-state index is 12.6. The van der Waals surface area contributed by atoms with Gasteiger partial charge in [-0.15, -0.1) is 0 Å². The van der Waals surface area contributed by atoms with Crippen molar-refractivity contribution in [3.8, 4) is 0 Å². The van der Waals surface area contributed by atoms with E-state index >= 15 is 0 Å². The van der Waals surface area contributed by atoms with E-state index in [1.165, 1.54) is 25.6 Å². The van der Waals surface area contributed by atoms with E-state index in [2.05, 4.69) is 16.0 Å². The minimum Gasteiger partial charge on any atom is -0.480 e. The molecule has 0 aliphatic carbocycles. The molecule has 0 radical (unpaired) electrons. The van der Waals surface area contributed by atoms with Gasteiger partial charge in [-0.3, -0.25) is 24.0 Å². The van der Waals surface area contributed by atoms with Gasteiger partial charge in [0.05, 0.1) is 6.04 Å². The van der Waals surface area contributed by atoms with Crippen LogP contribution in [0.15, 0.2) is 0 Å². The maximum Gasteiger partial charge on any atom is 0.325 e. The Labute approximate surface area is 167 Å². The minimum absolute atomic E-state index is 0.115. The fraction of sp³-hybridized carbons (Fsp3) is 0.688. The summed E-state index contributed by atoms with van der Waals surface area (Å²) in [6.45, 7) is 2.73. The number of amides is 4. The molecule has 0 bridgehead atoms. The Balaban J connectivity index is 5.25. The van der Waals surface area contributed by atoms with Gasteiger partial charge in [-0.2, -0.15) is 11.8 Å². The Morgan fingerprint density at radius 2 is 1.43 bits per heavy atom. The van der Waals surface area contributed by atoms with Crippen LogP contribution in [0.2, 0.25) is 0 Å². The molecule has 4 amide bonds. The summed E-state index contributed by atoms with van der Waals surface area (Å²) in [7, 11) is 0. The number of aliphatic carboxylic acids is 1. The molecule has 12 heteroatoms. The van der Waals surface area contributed by atoms with E-state index in [9.17, 15) is 24.0 Å². The highest BCUT2D eigenvalue weighted by Gasteiger charge is 2.28. The molecular formula is C16H29N5O6S. The van der Waals surface area contributed by atoms with Crippen molar-refractivity contribution in [3.63, 3.8) is 0 Å². The predicted molar refractivity (Wildman–Crippen MR) is 104 cm³/mol. The van der Waals surface area contributed by atoms with E-state index in [0.717, 1.165) is 0 Å². The zero-order chi connectivity index (χ0) is 21.9. The largest absolute Gasteiger partial charge is 0.480 e. The quantitative estimate of drug-likeness (QED) is 0.195. The summed E-state index contributed by atoms with van der Waals surface area (Å²) in [6.07, 6.45) is 1.82. The Morgan fingerprint density at radius 1 is 0.929 bits per heavy atom. The monoisotopic (exact) mass is 419 g/mol. The summed E-state index contributed by atoms with van der Waals surface area (Å²) in [4.78, 5) is 58.7. The van der Waals surface area contributed by atoms with Crippen molar-refractivity contribution < 1.29 is 29.1 Å². The maximum absolute atomic E-state index is 12.6. The molecule has 0 heterocycles. The van der Waals surface area contributed by atoms with E-state index in [0.29, 0.717) is 12.2 Å². The first kappa shape index (κ1) is 25.7. The Bertz CT molecular complexity index is 586. The van der Waals surface area contributed by atoms with Gasteiger partial charge in [0.25, 0.3) is 0 Å². The van der Waals surface area contributed by atoms with Gasteiger partial charge in [0.2, 0.25) is 23.6 Å². The van der Waals surface area contributed by atoms with Crippen LogP contribution in [0, 0.1) is 0 Å². The second-order valence-corrected chi connectivity index (χ2v) is 7.25. The van der Waals surface area contributed by atoms with Gasteiger partial charge in [-0.25, -0.2) is 0 Å². The normalized spacial score (nSPS) is 14.9.